The molecule has 0 spiro atoms. The van der Waals surface area contributed by atoms with Crippen LogP contribution in [0.1, 0.15) is 0 Å². The van der Waals surface area contributed by atoms with Crippen molar-refractivity contribution in [2.45, 2.75) is 0 Å². The number of ether oxygens (including phenoxy) is 1. The van der Waals surface area contributed by atoms with Crippen LogP contribution in [0.2, 0.25) is 0 Å². The standard InChI is InChI=1S/C17H14N6O/c1-23-8-6-16(22-23)21-17-14-9-12(4-5-15(14)19-11-20-17)24-13-3-2-7-18-10-13/h2-11H,1H3,(H,19,20,21,22). The average Bonchev–Trinajstić information content (AvgIpc) is 3.01. The Morgan fingerprint density at radius 2 is 2.04 bits per heavy atom. The van der Waals surface area contributed by atoms with Crippen LogP contribution in [0.5, 0.6) is 11.5 Å². The third-order valence-corrected chi connectivity index (χ3v) is 3.44. The Bertz CT molecular complexity index is 983. The van der Waals surface area contributed by atoms with Gasteiger partial charge in [-0.3, -0.25) is 9.67 Å². The van der Waals surface area contributed by atoms with Gasteiger partial charge in [-0.2, -0.15) is 5.10 Å². The molecule has 0 bridgehead atoms. The second kappa shape index (κ2) is 5.96. The summed E-state index contributed by atoms with van der Waals surface area (Å²) in [6, 6.07) is 11.2. The fourth-order valence-electron chi connectivity index (χ4n) is 2.35. The highest BCUT2D eigenvalue weighted by Gasteiger charge is 2.08. The van der Waals surface area contributed by atoms with Crippen molar-refractivity contribution in [3.05, 3.63) is 61.3 Å². The van der Waals surface area contributed by atoms with Gasteiger partial charge in [0.05, 0.1) is 11.7 Å². The molecule has 0 fully saturated rings. The summed E-state index contributed by atoms with van der Waals surface area (Å²) >= 11 is 0. The molecule has 0 amide bonds. The number of rotatable bonds is 4. The van der Waals surface area contributed by atoms with Gasteiger partial charge in [0.25, 0.3) is 0 Å². The SMILES string of the molecule is Cn1ccc(Nc2ncnc3ccc(Oc4cccnc4)cc23)n1. The van der Waals surface area contributed by atoms with Crippen LogP contribution in [0.25, 0.3) is 10.9 Å². The van der Waals surface area contributed by atoms with Crippen molar-refractivity contribution in [2.75, 3.05) is 5.32 Å². The maximum Gasteiger partial charge on any atom is 0.153 e. The van der Waals surface area contributed by atoms with E-state index in [2.05, 4.69) is 25.4 Å². The van der Waals surface area contributed by atoms with Crippen molar-refractivity contribution in [3.63, 3.8) is 0 Å². The van der Waals surface area contributed by atoms with E-state index in [1.165, 1.54) is 6.33 Å². The minimum Gasteiger partial charge on any atom is -0.456 e. The van der Waals surface area contributed by atoms with E-state index in [0.717, 1.165) is 16.7 Å². The zero-order chi connectivity index (χ0) is 16.4. The lowest BCUT2D eigenvalue weighted by Crippen LogP contribution is -1.98. The predicted octanol–water partition coefficient (Wildman–Crippen LogP) is 3.29. The van der Waals surface area contributed by atoms with E-state index in [4.69, 9.17) is 4.74 Å². The van der Waals surface area contributed by atoms with E-state index in [-0.39, 0.29) is 0 Å². The van der Waals surface area contributed by atoms with Gasteiger partial charge in [-0.25, -0.2) is 9.97 Å². The number of aryl methyl sites for hydroxylation is 1. The molecule has 0 aliphatic heterocycles. The molecule has 1 N–H and O–H groups in total. The monoisotopic (exact) mass is 318 g/mol. The van der Waals surface area contributed by atoms with Crippen LogP contribution in [0.4, 0.5) is 11.6 Å². The van der Waals surface area contributed by atoms with Crippen molar-refractivity contribution < 1.29 is 4.74 Å². The molecule has 1 aromatic carbocycles. The molecule has 3 aromatic heterocycles. The van der Waals surface area contributed by atoms with Gasteiger partial charge in [0.2, 0.25) is 0 Å². The minimum atomic E-state index is 0.674. The van der Waals surface area contributed by atoms with E-state index >= 15 is 0 Å². The predicted molar refractivity (Wildman–Crippen MR) is 90.3 cm³/mol. The zero-order valence-electron chi connectivity index (χ0n) is 12.9. The highest BCUT2D eigenvalue weighted by atomic mass is 16.5. The Morgan fingerprint density at radius 1 is 1.08 bits per heavy atom. The quantitative estimate of drug-likeness (QED) is 0.622. The van der Waals surface area contributed by atoms with E-state index in [1.807, 2.05) is 49.6 Å². The van der Waals surface area contributed by atoms with E-state index < -0.39 is 0 Å². The molecule has 0 aliphatic carbocycles. The second-order valence-electron chi connectivity index (χ2n) is 5.19. The molecule has 0 saturated carbocycles. The van der Waals surface area contributed by atoms with Crippen LogP contribution in [-0.4, -0.2) is 24.7 Å². The van der Waals surface area contributed by atoms with Crippen molar-refractivity contribution in [1.29, 1.82) is 0 Å². The molecule has 0 atom stereocenters. The second-order valence-corrected chi connectivity index (χ2v) is 5.19. The Hall–Kier alpha value is -3.48. The summed E-state index contributed by atoms with van der Waals surface area (Å²) in [5.74, 6) is 2.76. The Kier molecular flexibility index (Phi) is 3.51. The maximum atomic E-state index is 5.83. The number of hydrogen-bond donors (Lipinski definition) is 1. The zero-order valence-corrected chi connectivity index (χ0v) is 12.9. The molecule has 7 nitrogen and oxygen atoms in total. The first kappa shape index (κ1) is 14.1. The first-order valence-electron chi connectivity index (χ1n) is 7.37. The van der Waals surface area contributed by atoms with Gasteiger partial charge < -0.3 is 10.1 Å². The molecular weight excluding hydrogens is 304 g/mol. The highest BCUT2D eigenvalue weighted by Crippen LogP contribution is 2.28. The first-order valence-corrected chi connectivity index (χ1v) is 7.37. The molecule has 4 aromatic rings. The lowest BCUT2D eigenvalue weighted by molar-refractivity contribution is 0.481. The number of nitrogens with zero attached hydrogens (tertiary/aromatic N) is 5. The van der Waals surface area contributed by atoms with Crippen molar-refractivity contribution in [3.8, 4) is 11.5 Å². The third-order valence-electron chi connectivity index (χ3n) is 3.44. The molecule has 0 unspecified atom stereocenters. The topological polar surface area (TPSA) is 77.8 Å². The van der Waals surface area contributed by atoms with Crippen molar-refractivity contribution in [2.24, 2.45) is 7.05 Å². The van der Waals surface area contributed by atoms with Crippen LogP contribution >= 0.6 is 0 Å². The normalized spacial score (nSPS) is 10.7. The molecule has 0 saturated heterocycles. The lowest BCUT2D eigenvalue weighted by atomic mass is 10.2. The van der Waals surface area contributed by atoms with Gasteiger partial charge in [0.15, 0.2) is 5.82 Å². The number of benzene rings is 1. The molecule has 0 radical (unpaired) electrons. The van der Waals surface area contributed by atoms with E-state index in [0.29, 0.717) is 17.3 Å². The van der Waals surface area contributed by atoms with Crippen LogP contribution in [0.15, 0.2) is 61.3 Å². The fraction of sp³-hybridized carbons (Fsp3) is 0.0588. The Balaban J connectivity index is 1.70. The number of hydrogen-bond acceptors (Lipinski definition) is 6. The Labute approximate surface area is 138 Å². The number of pyridine rings is 1. The average molecular weight is 318 g/mol. The highest BCUT2D eigenvalue weighted by molar-refractivity contribution is 5.91. The largest absolute Gasteiger partial charge is 0.456 e. The number of anilines is 2. The Morgan fingerprint density at radius 3 is 2.83 bits per heavy atom. The number of nitrogens with one attached hydrogen (secondary N) is 1. The van der Waals surface area contributed by atoms with E-state index in [1.54, 1.807) is 17.1 Å². The van der Waals surface area contributed by atoms with Gasteiger partial charge in [-0.1, -0.05) is 0 Å². The fourth-order valence-corrected chi connectivity index (χ4v) is 2.35. The molecule has 24 heavy (non-hydrogen) atoms. The van der Waals surface area contributed by atoms with Crippen molar-refractivity contribution in [1.82, 2.24) is 24.7 Å². The molecule has 4 rings (SSSR count). The minimum absolute atomic E-state index is 0.674. The summed E-state index contributed by atoms with van der Waals surface area (Å²) in [5, 5.41) is 8.37. The smallest absolute Gasteiger partial charge is 0.153 e. The summed E-state index contributed by atoms with van der Waals surface area (Å²) < 4.78 is 7.56. The van der Waals surface area contributed by atoms with Crippen LogP contribution < -0.4 is 10.1 Å². The summed E-state index contributed by atoms with van der Waals surface area (Å²) in [4.78, 5) is 12.7. The van der Waals surface area contributed by atoms with Gasteiger partial charge in [0.1, 0.15) is 23.6 Å². The van der Waals surface area contributed by atoms with Gasteiger partial charge in [0, 0.05) is 30.9 Å². The van der Waals surface area contributed by atoms with Crippen LogP contribution in [-0.2, 0) is 7.05 Å². The maximum absolute atomic E-state index is 5.83. The first-order chi connectivity index (χ1) is 11.8. The summed E-state index contributed by atoms with van der Waals surface area (Å²) in [6.45, 7) is 0. The summed E-state index contributed by atoms with van der Waals surface area (Å²) in [7, 11) is 1.86. The molecular formula is C17H14N6O. The van der Waals surface area contributed by atoms with Gasteiger partial charge >= 0.3 is 0 Å². The molecule has 0 aliphatic rings. The van der Waals surface area contributed by atoms with Gasteiger partial charge in [-0.15, -0.1) is 0 Å². The van der Waals surface area contributed by atoms with Crippen molar-refractivity contribution >= 4 is 22.5 Å². The van der Waals surface area contributed by atoms with Crippen LogP contribution in [0, 0.1) is 0 Å². The lowest BCUT2D eigenvalue weighted by Gasteiger charge is -2.09. The summed E-state index contributed by atoms with van der Waals surface area (Å²) in [6.07, 6.45) is 6.76. The molecule has 3 heterocycles. The number of aromatic nitrogens is 5. The van der Waals surface area contributed by atoms with E-state index in [9.17, 15) is 0 Å². The number of fused-ring (bicyclic) bond motifs is 1. The summed E-state index contributed by atoms with van der Waals surface area (Å²) in [5.41, 5.74) is 0.821. The third kappa shape index (κ3) is 2.87. The molecule has 7 heteroatoms. The molecule has 118 valence electrons. The van der Waals surface area contributed by atoms with Crippen LogP contribution in [0.3, 0.4) is 0 Å². The van der Waals surface area contributed by atoms with Gasteiger partial charge in [-0.05, 0) is 30.3 Å².